The number of anilines is 1. The monoisotopic (exact) mass is 258 g/mol. The number of fused-ring (bicyclic) bond motifs is 1. The zero-order valence-electron chi connectivity index (χ0n) is 7.98. The van der Waals surface area contributed by atoms with Gasteiger partial charge in [0, 0.05) is 0 Å². The zero-order valence-corrected chi connectivity index (χ0v) is 10.4. The molecule has 1 heterocycles. The zero-order chi connectivity index (χ0) is 9.97. The highest BCUT2D eigenvalue weighted by atomic mass is 32.1. The normalized spacial score (nSPS) is 9.33. The molecule has 15 heavy (non-hydrogen) atoms. The van der Waals surface area contributed by atoms with E-state index in [9.17, 15) is 0 Å². The maximum Gasteiger partial charge on any atom is 0.202 e. The molecule has 2 rings (SSSR count). The van der Waals surface area contributed by atoms with E-state index in [4.69, 9.17) is 24.8 Å². The molecular formula is C8H10N4S3. The van der Waals surface area contributed by atoms with Gasteiger partial charge in [0.15, 0.2) is 0 Å². The third-order valence-electron chi connectivity index (χ3n) is 1.57. The van der Waals surface area contributed by atoms with Crippen molar-refractivity contribution in [1.29, 1.82) is 0 Å². The number of hydrogen-bond acceptors (Lipinski definition) is 5. The molecule has 0 radical (unpaired) electrons. The van der Waals surface area contributed by atoms with Crippen LogP contribution >= 0.6 is 23.6 Å². The molecule has 7 heteroatoms. The number of hydrazine groups is 1. The Labute approximate surface area is 102 Å². The first-order valence-electron chi connectivity index (χ1n) is 3.84. The second kappa shape index (κ2) is 5.17. The summed E-state index contributed by atoms with van der Waals surface area (Å²) >= 11 is 10.9. The summed E-state index contributed by atoms with van der Waals surface area (Å²) in [6.45, 7) is 0. The number of thiazole rings is 1. The molecule has 0 aliphatic rings. The van der Waals surface area contributed by atoms with Crippen LogP contribution in [0.15, 0.2) is 24.3 Å². The molecule has 0 saturated heterocycles. The lowest BCUT2D eigenvalue weighted by molar-refractivity contribution is 1.15. The van der Waals surface area contributed by atoms with Gasteiger partial charge in [-0.25, -0.2) is 4.98 Å². The molecule has 0 spiro atoms. The first kappa shape index (κ1) is 12.1. The van der Waals surface area contributed by atoms with Crippen LogP contribution in [0.1, 0.15) is 0 Å². The quantitative estimate of drug-likeness (QED) is 0.438. The summed E-state index contributed by atoms with van der Waals surface area (Å²) in [4.78, 5) is 4.32. The van der Waals surface area contributed by atoms with E-state index >= 15 is 0 Å². The van der Waals surface area contributed by atoms with Gasteiger partial charge in [0.2, 0.25) is 5.13 Å². The van der Waals surface area contributed by atoms with Crippen LogP contribution in [0.3, 0.4) is 0 Å². The smallest absolute Gasteiger partial charge is 0.202 e. The number of thiocarbonyl (C=S) groups is 1. The number of nitrogens with zero attached hydrogens (tertiary/aromatic N) is 1. The Morgan fingerprint density at radius 1 is 1.40 bits per heavy atom. The lowest BCUT2D eigenvalue weighted by Crippen LogP contribution is -2.25. The Morgan fingerprint density at radius 3 is 2.80 bits per heavy atom. The fourth-order valence-corrected chi connectivity index (χ4v) is 1.95. The topological polar surface area (TPSA) is 73.5 Å². The second-order valence-electron chi connectivity index (χ2n) is 2.52. The molecule has 80 valence electrons. The first-order valence-corrected chi connectivity index (χ1v) is 5.47. The van der Waals surface area contributed by atoms with Gasteiger partial charge in [-0.05, 0) is 16.5 Å². The van der Waals surface area contributed by atoms with Crippen molar-refractivity contribution in [3.8, 4) is 0 Å². The number of nitrogens with one attached hydrogen (secondary N) is 2. The highest BCUT2D eigenvalue weighted by molar-refractivity contribution is 8.00. The molecule has 0 saturated carbocycles. The average molecular weight is 258 g/mol. The van der Waals surface area contributed by atoms with Gasteiger partial charge >= 0.3 is 0 Å². The van der Waals surface area contributed by atoms with E-state index in [2.05, 4.69) is 15.8 Å². The van der Waals surface area contributed by atoms with Crippen molar-refractivity contribution in [2.75, 3.05) is 5.43 Å². The van der Waals surface area contributed by atoms with E-state index in [1.54, 1.807) is 11.3 Å². The summed E-state index contributed by atoms with van der Waals surface area (Å²) in [5.41, 5.74) is 6.48. The van der Waals surface area contributed by atoms with Gasteiger partial charge < -0.3 is 36.4 Å². The predicted octanol–water partition coefficient (Wildman–Crippen LogP) is 2.42. The van der Waals surface area contributed by atoms with Crippen molar-refractivity contribution in [1.82, 2.24) is 16.6 Å². The predicted molar refractivity (Wildman–Crippen MR) is 72.3 cm³/mol. The van der Waals surface area contributed by atoms with Crippen molar-refractivity contribution in [3.05, 3.63) is 24.3 Å². The minimum atomic E-state index is 0. The number of para-hydroxylation sites is 1. The fraction of sp³-hybridized carbons (Fsp3) is 0. The van der Waals surface area contributed by atoms with Gasteiger partial charge in [-0.3, -0.25) is 5.43 Å². The highest BCUT2D eigenvalue weighted by Crippen LogP contribution is 2.24. The van der Waals surface area contributed by atoms with Crippen molar-refractivity contribution < 1.29 is 0 Å². The summed E-state index contributed by atoms with van der Waals surface area (Å²) in [5, 5.41) is 0.762. The van der Waals surface area contributed by atoms with Crippen LogP contribution in [0.2, 0.25) is 0 Å². The largest absolute Gasteiger partial charge is 0.410 e. The number of hydrogen-bond donors (Lipinski definition) is 3. The second-order valence-corrected chi connectivity index (χ2v) is 4.63. The molecule has 0 fully saturated rings. The number of benzene rings is 1. The standard InChI is InChI=1S/C8H7N3S3.H3N/c12-8(13)11-10-7-9-5-3-1-2-4-6(5)14-7;/h1-4H,(H,9,10)(H2,11,12,13);1H3. The number of aromatic nitrogens is 1. The summed E-state index contributed by atoms with van der Waals surface area (Å²) in [6, 6.07) is 7.92. The van der Waals surface area contributed by atoms with Crippen LogP contribution in [0.4, 0.5) is 5.13 Å². The maximum absolute atomic E-state index is 4.69. The molecule has 6 N–H and O–H groups in total. The Morgan fingerprint density at radius 2 is 2.13 bits per heavy atom. The summed E-state index contributed by atoms with van der Waals surface area (Å²) < 4.78 is 1.41. The van der Waals surface area contributed by atoms with Crippen LogP contribution in [-0.4, -0.2) is 9.30 Å². The molecule has 0 aliphatic heterocycles. The molecule has 1 aromatic carbocycles. The van der Waals surface area contributed by atoms with E-state index in [0.717, 1.165) is 15.3 Å². The number of rotatable bonds is 2. The third-order valence-corrected chi connectivity index (χ3v) is 2.72. The van der Waals surface area contributed by atoms with Crippen LogP contribution < -0.4 is 17.0 Å². The Hall–Kier alpha value is -1.02. The van der Waals surface area contributed by atoms with Crippen LogP contribution in [-0.2, 0) is 12.6 Å². The lowest BCUT2D eigenvalue weighted by Gasteiger charge is -2.08. The van der Waals surface area contributed by atoms with Crippen LogP contribution in [0, 0.1) is 0 Å². The Balaban J connectivity index is 0.00000112. The average Bonchev–Trinajstić information content (AvgIpc) is 2.57. The minimum absolute atomic E-state index is 0. The Kier molecular flexibility index (Phi) is 4.15. The molecule has 0 bridgehead atoms. The number of quaternary nitrogens is 1. The van der Waals surface area contributed by atoms with Gasteiger partial charge in [-0.15, -0.1) is 0 Å². The molecule has 0 aliphatic carbocycles. The van der Waals surface area contributed by atoms with E-state index in [1.165, 1.54) is 0 Å². The Bertz CT molecular complexity index is 435. The van der Waals surface area contributed by atoms with E-state index in [1.807, 2.05) is 24.3 Å². The van der Waals surface area contributed by atoms with Crippen molar-refractivity contribution >= 4 is 55.9 Å². The molecule has 2 aromatic rings. The summed E-state index contributed by atoms with van der Waals surface area (Å²) in [7, 11) is 0. The molecule has 0 atom stereocenters. The molecular weight excluding hydrogens is 248 g/mol. The first-order chi connectivity index (χ1) is 6.75. The van der Waals surface area contributed by atoms with Gasteiger partial charge in [0.1, 0.15) is 0 Å². The van der Waals surface area contributed by atoms with Gasteiger partial charge in [0.05, 0.1) is 10.2 Å². The van der Waals surface area contributed by atoms with Gasteiger partial charge in [0.25, 0.3) is 0 Å². The van der Waals surface area contributed by atoms with Crippen molar-refractivity contribution in [2.45, 2.75) is 0 Å². The maximum atomic E-state index is 4.69. The SMILES string of the molecule is S=C([S-])NNc1nc2ccccc2s1.[NH4+]. The van der Waals surface area contributed by atoms with Gasteiger partial charge in [-0.1, -0.05) is 23.5 Å². The fourth-order valence-electron chi connectivity index (χ4n) is 1.03. The summed E-state index contributed by atoms with van der Waals surface area (Å²) in [6.07, 6.45) is 0. The minimum Gasteiger partial charge on any atom is -0.410 e. The highest BCUT2D eigenvalue weighted by Gasteiger charge is 2.00. The molecule has 4 nitrogen and oxygen atoms in total. The lowest BCUT2D eigenvalue weighted by atomic mass is 10.3. The summed E-state index contributed by atoms with van der Waals surface area (Å²) in [5.74, 6) is 0. The van der Waals surface area contributed by atoms with E-state index < -0.39 is 0 Å². The van der Waals surface area contributed by atoms with Crippen LogP contribution in [0.5, 0.6) is 0 Å². The van der Waals surface area contributed by atoms with Crippen molar-refractivity contribution in [3.63, 3.8) is 0 Å². The van der Waals surface area contributed by atoms with Crippen LogP contribution in [0.25, 0.3) is 10.2 Å². The van der Waals surface area contributed by atoms with Crippen molar-refractivity contribution in [2.24, 2.45) is 0 Å². The molecule has 0 amide bonds. The molecule has 1 aromatic heterocycles. The molecule has 0 unspecified atom stereocenters. The van der Waals surface area contributed by atoms with Gasteiger partial charge in [-0.2, -0.15) is 0 Å². The third kappa shape index (κ3) is 2.96. The van der Waals surface area contributed by atoms with E-state index in [-0.39, 0.29) is 10.5 Å². The van der Waals surface area contributed by atoms with E-state index in [0.29, 0.717) is 0 Å².